The first-order valence-electron chi connectivity index (χ1n) is 7.53. The van der Waals surface area contributed by atoms with Gasteiger partial charge in [0, 0.05) is 32.2 Å². The van der Waals surface area contributed by atoms with Crippen LogP contribution in [0.3, 0.4) is 0 Å². The van der Waals surface area contributed by atoms with Gasteiger partial charge < -0.3 is 14.8 Å². The van der Waals surface area contributed by atoms with Crippen LogP contribution in [0.15, 0.2) is 41.3 Å². The highest BCUT2D eigenvalue weighted by molar-refractivity contribution is 5.79. The number of rotatable bonds is 2. The molecule has 0 aliphatic carbocycles. The summed E-state index contributed by atoms with van der Waals surface area (Å²) in [5.74, 6) is 0.563. The van der Waals surface area contributed by atoms with E-state index in [0.29, 0.717) is 37.3 Å². The first-order valence-corrected chi connectivity index (χ1v) is 7.53. The van der Waals surface area contributed by atoms with Crippen LogP contribution < -0.4 is 15.4 Å². The molecule has 0 unspecified atom stereocenters. The minimum Gasteiger partial charge on any atom is -0.366 e. The number of halogens is 1. The number of aromatic amines is 2. The number of hydrogen-bond donors (Lipinski definition) is 2. The molecule has 0 bridgehead atoms. The van der Waals surface area contributed by atoms with Gasteiger partial charge in [0.05, 0.1) is 22.8 Å². The van der Waals surface area contributed by atoms with Crippen molar-refractivity contribution in [1.29, 1.82) is 0 Å². The number of H-pyrrole nitrogens is 2. The van der Waals surface area contributed by atoms with Crippen molar-refractivity contribution in [3.05, 3.63) is 52.7 Å². The Morgan fingerprint density at radius 1 is 1.09 bits per heavy atom. The fraction of sp³-hybridized carbons (Fsp3) is 0.250. The molecule has 4 rings (SSSR count). The molecule has 6 nitrogen and oxygen atoms in total. The number of piperazine rings is 1. The van der Waals surface area contributed by atoms with E-state index in [9.17, 15) is 9.18 Å². The van der Waals surface area contributed by atoms with Crippen molar-refractivity contribution in [2.75, 3.05) is 36.0 Å². The van der Waals surface area contributed by atoms with Crippen molar-refractivity contribution in [2.24, 2.45) is 0 Å². The summed E-state index contributed by atoms with van der Waals surface area (Å²) in [5.41, 5.74) is 1.20. The summed E-state index contributed by atoms with van der Waals surface area (Å²) in [6, 6.07) is 8.70. The fourth-order valence-electron chi connectivity index (χ4n) is 3.01. The van der Waals surface area contributed by atoms with E-state index in [0.717, 1.165) is 11.3 Å². The average Bonchev–Trinajstić information content (AvgIpc) is 3.05. The third-order valence-electron chi connectivity index (χ3n) is 4.25. The van der Waals surface area contributed by atoms with Crippen LogP contribution in [-0.2, 0) is 0 Å². The zero-order chi connectivity index (χ0) is 15.8. The van der Waals surface area contributed by atoms with Crippen molar-refractivity contribution >= 4 is 22.4 Å². The van der Waals surface area contributed by atoms with Gasteiger partial charge in [0.25, 0.3) is 5.56 Å². The maximum Gasteiger partial charge on any atom is 0.260 e. The molecule has 23 heavy (non-hydrogen) atoms. The van der Waals surface area contributed by atoms with E-state index in [1.165, 1.54) is 12.3 Å². The second-order valence-electron chi connectivity index (χ2n) is 5.61. The van der Waals surface area contributed by atoms with Crippen LogP contribution in [0, 0.1) is 5.82 Å². The molecular formula is C16H16FN5O. The van der Waals surface area contributed by atoms with Gasteiger partial charge in [0.15, 0.2) is 0 Å². The summed E-state index contributed by atoms with van der Waals surface area (Å²) in [7, 11) is 0. The van der Waals surface area contributed by atoms with E-state index in [2.05, 4.69) is 20.1 Å². The molecule has 1 aromatic carbocycles. The van der Waals surface area contributed by atoms with Gasteiger partial charge in [-0.1, -0.05) is 12.1 Å². The lowest BCUT2D eigenvalue weighted by Crippen LogP contribution is -2.47. The summed E-state index contributed by atoms with van der Waals surface area (Å²) in [6.07, 6.45) is 1.52. The summed E-state index contributed by atoms with van der Waals surface area (Å²) >= 11 is 0. The van der Waals surface area contributed by atoms with Crippen molar-refractivity contribution in [3.63, 3.8) is 0 Å². The van der Waals surface area contributed by atoms with Gasteiger partial charge in [-0.2, -0.15) is 5.10 Å². The Bertz CT molecular complexity index is 895. The molecule has 0 saturated carbocycles. The van der Waals surface area contributed by atoms with Crippen molar-refractivity contribution in [3.8, 4) is 0 Å². The normalized spacial score (nSPS) is 15.3. The molecular weight excluding hydrogens is 297 g/mol. The maximum atomic E-state index is 13.9. The lowest BCUT2D eigenvalue weighted by molar-refractivity contribution is 0.596. The average molecular weight is 313 g/mol. The third-order valence-corrected chi connectivity index (χ3v) is 4.25. The monoisotopic (exact) mass is 313 g/mol. The van der Waals surface area contributed by atoms with Gasteiger partial charge in [-0.25, -0.2) is 4.39 Å². The zero-order valence-electron chi connectivity index (χ0n) is 12.4. The minimum atomic E-state index is -0.201. The highest BCUT2D eigenvalue weighted by Gasteiger charge is 2.20. The van der Waals surface area contributed by atoms with E-state index in [4.69, 9.17) is 0 Å². The summed E-state index contributed by atoms with van der Waals surface area (Å²) in [4.78, 5) is 19.0. The molecule has 0 atom stereocenters. The van der Waals surface area contributed by atoms with Crippen LogP contribution in [-0.4, -0.2) is 41.4 Å². The third kappa shape index (κ3) is 2.44. The predicted octanol–water partition coefficient (Wildman–Crippen LogP) is 1.72. The van der Waals surface area contributed by atoms with Crippen molar-refractivity contribution in [2.45, 2.75) is 0 Å². The van der Waals surface area contributed by atoms with E-state index in [1.807, 2.05) is 17.0 Å². The van der Waals surface area contributed by atoms with Crippen LogP contribution in [0.25, 0.3) is 10.9 Å². The minimum absolute atomic E-state index is 0.150. The number of para-hydroxylation sites is 1. The topological polar surface area (TPSA) is 68.0 Å². The molecule has 1 fully saturated rings. The number of benzene rings is 1. The largest absolute Gasteiger partial charge is 0.366 e. The van der Waals surface area contributed by atoms with Crippen LogP contribution >= 0.6 is 0 Å². The summed E-state index contributed by atoms with van der Waals surface area (Å²) in [5, 5.41) is 7.28. The molecule has 0 radical (unpaired) electrons. The van der Waals surface area contributed by atoms with Gasteiger partial charge in [0.1, 0.15) is 11.6 Å². The highest BCUT2D eigenvalue weighted by atomic mass is 19.1. The number of nitrogens with one attached hydrogen (secondary N) is 2. The smallest absolute Gasteiger partial charge is 0.260 e. The Morgan fingerprint density at radius 3 is 2.61 bits per heavy atom. The molecule has 2 N–H and O–H groups in total. The van der Waals surface area contributed by atoms with Crippen LogP contribution in [0.5, 0.6) is 0 Å². The maximum absolute atomic E-state index is 13.9. The van der Waals surface area contributed by atoms with Gasteiger partial charge in [-0.15, -0.1) is 0 Å². The molecule has 3 heterocycles. The predicted molar refractivity (Wildman–Crippen MR) is 87.5 cm³/mol. The van der Waals surface area contributed by atoms with Gasteiger partial charge in [-0.05, 0) is 12.1 Å². The summed E-state index contributed by atoms with van der Waals surface area (Å²) < 4.78 is 13.9. The SMILES string of the molecule is O=c1[nH]c(N2CCN(c3ccccc3F)CC2)cc2[nH]ncc12. The zero-order valence-corrected chi connectivity index (χ0v) is 12.4. The van der Waals surface area contributed by atoms with E-state index in [1.54, 1.807) is 12.1 Å². The molecule has 0 amide bonds. The van der Waals surface area contributed by atoms with Gasteiger partial charge in [0.2, 0.25) is 0 Å². The molecule has 118 valence electrons. The molecule has 7 heteroatoms. The molecule has 2 aromatic heterocycles. The number of fused-ring (bicyclic) bond motifs is 1. The highest BCUT2D eigenvalue weighted by Crippen LogP contribution is 2.22. The number of nitrogens with zero attached hydrogens (tertiary/aromatic N) is 3. The van der Waals surface area contributed by atoms with Crippen LogP contribution in [0.2, 0.25) is 0 Å². The van der Waals surface area contributed by atoms with E-state index < -0.39 is 0 Å². The Kier molecular flexibility index (Phi) is 3.25. The molecule has 1 aliphatic heterocycles. The quantitative estimate of drug-likeness (QED) is 0.756. The summed E-state index contributed by atoms with van der Waals surface area (Å²) in [6.45, 7) is 2.82. The number of pyridine rings is 1. The second kappa shape index (κ2) is 5.42. The van der Waals surface area contributed by atoms with Crippen LogP contribution in [0.4, 0.5) is 15.9 Å². The molecule has 1 saturated heterocycles. The lowest BCUT2D eigenvalue weighted by Gasteiger charge is -2.37. The fourth-order valence-corrected chi connectivity index (χ4v) is 3.01. The number of hydrogen-bond acceptors (Lipinski definition) is 4. The number of anilines is 2. The molecule has 3 aromatic rings. The van der Waals surface area contributed by atoms with Gasteiger partial charge >= 0.3 is 0 Å². The van der Waals surface area contributed by atoms with E-state index in [-0.39, 0.29) is 11.4 Å². The van der Waals surface area contributed by atoms with Crippen molar-refractivity contribution in [1.82, 2.24) is 15.2 Å². The van der Waals surface area contributed by atoms with Crippen molar-refractivity contribution < 1.29 is 4.39 Å². The van der Waals surface area contributed by atoms with E-state index >= 15 is 0 Å². The second-order valence-corrected chi connectivity index (χ2v) is 5.61. The standard InChI is InChI=1S/C16H16FN5O/c17-12-3-1-2-4-14(12)21-5-7-22(8-6-21)15-9-13-11(10-18-20-13)16(23)19-15/h1-4,9-10H,5-8H2,(H,18,20)(H,19,23). The van der Waals surface area contributed by atoms with Crippen LogP contribution in [0.1, 0.15) is 0 Å². The number of aromatic nitrogens is 3. The molecule has 1 aliphatic rings. The Labute approximate surface area is 131 Å². The molecule has 0 spiro atoms. The Hall–Kier alpha value is -2.83. The first kappa shape index (κ1) is 13.8. The van der Waals surface area contributed by atoms with Gasteiger partial charge in [-0.3, -0.25) is 9.89 Å². The first-order chi connectivity index (χ1) is 11.2. The Morgan fingerprint density at radius 2 is 1.83 bits per heavy atom. The Balaban J connectivity index is 1.55. The lowest BCUT2D eigenvalue weighted by atomic mass is 10.2.